The second-order valence-electron chi connectivity index (χ2n) is 7.31. The van der Waals surface area contributed by atoms with Gasteiger partial charge >= 0.3 is 0 Å². The van der Waals surface area contributed by atoms with Gasteiger partial charge in [-0.2, -0.15) is 0 Å². The summed E-state index contributed by atoms with van der Waals surface area (Å²) in [6.07, 6.45) is 1.93. The van der Waals surface area contributed by atoms with Crippen LogP contribution < -0.4 is 10.2 Å². The number of amides is 1. The number of carbonyl (C=O) groups excluding carboxylic acids is 1. The maximum atomic E-state index is 12.6. The fourth-order valence-electron chi connectivity index (χ4n) is 3.53. The van der Waals surface area contributed by atoms with Gasteiger partial charge in [-0.3, -0.25) is 9.69 Å². The van der Waals surface area contributed by atoms with Crippen molar-refractivity contribution in [3.63, 3.8) is 0 Å². The van der Waals surface area contributed by atoms with Crippen molar-refractivity contribution < 1.29 is 9.21 Å². The summed E-state index contributed by atoms with van der Waals surface area (Å²) in [6.45, 7) is 8.46. The fraction of sp³-hybridized carbons (Fsp3) is 0.261. The highest BCUT2D eigenvalue weighted by Gasteiger charge is 2.19. The summed E-state index contributed by atoms with van der Waals surface area (Å²) < 4.78 is 5.66. The van der Waals surface area contributed by atoms with E-state index in [1.807, 2.05) is 42.5 Å². The lowest BCUT2D eigenvalue weighted by Gasteiger charge is -2.36. The first-order valence-electron chi connectivity index (χ1n) is 10.3. The molecule has 1 aliphatic heterocycles. The number of thioether (sulfide) groups is 1. The first-order chi connectivity index (χ1) is 15.6. The summed E-state index contributed by atoms with van der Waals surface area (Å²) in [5, 5.41) is 12.0. The SMILES string of the molecule is C=CCN1CCN(c2ccccc2NC(=O)CSc2nnc(-c3cccc(Cl)c3)o2)CC1. The van der Waals surface area contributed by atoms with Crippen molar-refractivity contribution in [2.45, 2.75) is 5.22 Å². The molecule has 9 heteroatoms. The summed E-state index contributed by atoms with van der Waals surface area (Å²) >= 11 is 7.21. The van der Waals surface area contributed by atoms with E-state index in [1.54, 1.807) is 12.1 Å². The zero-order valence-electron chi connectivity index (χ0n) is 17.5. The van der Waals surface area contributed by atoms with Crippen LogP contribution in [0.2, 0.25) is 5.02 Å². The van der Waals surface area contributed by atoms with Gasteiger partial charge in [-0.05, 0) is 30.3 Å². The van der Waals surface area contributed by atoms with Gasteiger partial charge in [-0.25, -0.2) is 0 Å². The lowest BCUT2D eigenvalue weighted by molar-refractivity contribution is -0.113. The second kappa shape index (κ2) is 10.7. The molecule has 1 aromatic heterocycles. The average Bonchev–Trinajstić information content (AvgIpc) is 3.28. The molecule has 2 heterocycles. The highest BCUT2D eigenvalue weighted by Crippen LogP contribution is 2.28. The molecule has 1 N–H and O–H groups in total. The van der Waals surface area contributed by atoms with Crippen LogP contribution in [-0.4, -0.2) is 59.5 Å². The van der Waals surface area contributed by atoms with E-state index in [2.05, 4.69) is 31.9 Å². The number of hydrogen-bond donors (Lipinski definition) is 1. The van der Waals surface area contributed by atoms with Crippen LogP contribution in [0.1, 0.15) is 0 Å². The Morgan fingerprint density at radius 3 is 2.75 bits per heavy atom. The molecule has 1 amide bonds. The van der Waals surface area contributed by atoms with E-state index in [0.717, 1.165) is 49.7 Å². The summed E-state index contributed by atoms with van der Waals surface area (Å²) in [4.78, 5) is 17.3. The van der Waals surface area contributed by atoms with Crippen LogP contribution in [0.15, 0.2) is 70.8 Å². The van der Waals surface area contributed by atoms with E-state index >= 15 is 0 Å². The molecule has 1 fully saturated rings. The van der Waals surface area contributed by atoms with Crippen molar-refractivity contribution in [2.75, 3.05) is 48.7 Å². The number of benzene rings is 2. The van der Waals surface area contributed by atoms with Gasteiger partial charge in [0.2, 0.25) is 11.8 Å². The average molecular weight is 470 g/mol. The molecule has 0 aliphatic carbocycles. The van der Waals surface area contributed by atoms with E-state index < -0.39 is 0 Å². The molecule has 1 saturated heterocycles. The quantitative estimate of drug-likeness (QED) is 0.386. The Hall–Kier alpha value is -2.81. The number of carbonyl (C=O) groups is 1. The number of halogens is 1. The molecule has 0 spiro atoms. The lowest BCUT2D eigenvalue weighted by atomic mass is 10.2. The predicted octanol–water partition coefficient (Wildman–Crippen LogP) is 4.43. The Bertz CT molecular complexity index is 1080. The van der Waals surface area contributed by atoms with Gasteiger partial charge < -0.3 is 14.6 Å². The number of anilines is 2. The lowest BCUT2D eigenvalue weighted by Crippen LogP contribution is -2.46. The molecular formula is C23H24ClN5O2S. The van der Waals surface area contributed by atoms with Gasteiger partial charge in [0.05, 0.1) is 17.1 Å². The smallest absolute Gasteiger partial charge is 0.277 e. The van der Waals surface area contributed by atoms with Gasteiger partial charge in [-0.15, -0.1) is 16.8 Å². The molecule has 166 valence electrons. The molecule has 2 aromatic carbocycles. The maximum absolute atomic E-state index is 12.6. The fourth-order valence-corrected chi connectivity index (χ4v) is 4.28. The Kier molecular flexibility index (Phi) is 7.47. The highest BCUT2D eigenvalue weighted by atomic mass is 35.5. The van der Waals surface area contributed by atoms with Crippen molar-refractivity contribution in [3.8, 4) is 11.5 Å². The summed E-state index contributed by atoms with van der Waals surface area (Å²) in [7, 11) is 0. The number of aromatic nitrogens is 2. The van der Waals surface area contributed by atoms with Crippen LogP contribution >= 0.6 is 23.4 Å². The minimum absolute atomic E-state index is 0.129. The van der Waals surface area contributed by atoms with Crippen molar-refractivity contribution in [2.24, 2.45) is 0 Å². The summed E-state index contributed by atoms with van der Waals surface area (Å²) in [6, 6.07) is 15.1. The summed E-state index contributed by atoms with van der Waals surface area (Å²) in [5.74, 6) is 0.408. The zero-order chi connectivity index (χ0) is 22.3. The molecule has 0 saturated carbocycles. The van der Waals surface area contributed by atoms with Gasteiger partial charge in [0, 0.05) is 43.3 Å². The van der Waals surface area contributed by atoms with Crippen LogP contribution in [0, 0.1) is 0 Å². The first-order valence-corrected chi connectivity index (χ1v) is 11.7. The third kappa shape index (κ3) is 5.70. The Morgan fingerprint density at radius 2 is 1.97 bits per heavy atom. The van der Waals surface area contributed by atoms with Crippen LogP contribution in [0.3, 0.4) is 0 Å². The van der Waals surface area contributed by atoms with Crippen LogP contribution in [0.25, 0.3) is 11.5 Å². The number of para-hydroxylation sites is 2. The predicted molar refractivity (Wildman–Crippen MR) is 129 cm³/mol. The standard InChI is InChI=1S/C23H24ClN5O2S/c1-2-10-28-11-13-29(14-12-28)20-9-4-3-8-19(20)25-21(30)16-32-23-27-26-22(31-23)17-6-5-7-18(24)15-17/h2-9,15H,1,10-14,16H2,(H,25,30). The third-order valence-corrected chi connectivity index (χ3v) is 6.14. The minimum Gasteiger partial charge on any atom is -0.411 e. The molecule has 4 rings (SSSR count). The number of rotatable bonds is 8. The van der Waals surface area contributed by atoms with E-state index in [1.165, 1.54) is 11.8 Å². The maximum Gasteiger partial charge on any atom is 0.277 e. The summed E-state index contributed by atoms with van der Waals surface area (Å²) in [5.41, 5.74) is 2.58. The minimum atomic E-state index is -0.129. The molecule has 32 heavy (non-hydrogen) atoms. The number of hydrogen-bond acceptors (Lipinski definition) is 7. The van der Waals surface area contributed by atoms with E-state index in [4.69, 9.17) is 16.0 Å². The molecule has 1 aliphatic rings. The molecule has 0 atom stereocenters. The number of nitrogens with one attached hydrogen (secondary N) is 1. The van der Waals surface area contributed by atoms with E-state index in [9.17, 15) is 4.79 Å². The molecular weight excluding hydrogens is 446 g/mol. The molecule has 0 bridgehead atoms. The van der Waals surface area contributed by atoms with Crippen molar-refractivity contribution in [3.05, 3.63) is 66.2 Å². The largest absolute Gasteiger partial charge is 0.411 e. The third-order valence-electron chi connectivity index (χ3n) is 5.08. The zero-order valence-corrected chi connectivity index (χ0v) is 19.1. The molecule has 3 aromatic rings. The normalized spacial score (nSPS) is 14.3. The topological polar surface area (TPSA) is 74.5 Å². The van der Waals surface area contributed by atoms with E-state index in [0.29, 0.717) is 16.1 Å². The monoisotopic (exact) mass is 469 g/mol. The van der Waals surface area contributed by atoms with Gasteiger partial charge in [0.1, 0.15) is 0 Å². The van der Waals surface area contributed by atoms with Crippen molar-refractivity contribution in [1.29, 1.82) is 0 Å². The van der Waals surface area contributed by atoms with Crippen LogP contribution in [0.5, 0.6) is 0 Å². The van der Waals surface area contributed by atoms with E-state index in [-0.39, 0.29) is 11.7 Å². The number of piperazine rings is 1. The molecule has 0 unspecified atom stereocenters. The van der Waals surface area contributed by atoms with Crippen LogP contribution in [0.4, 0.5) is 11.4 Å². The first kappa shape index (κ1) is 22.4. The molecule has 7 nitrogen and oxygen atoms in total. The molecule has 0 radical (unpaired) electrons. The second-order valence-corrected chi connectivity index (χ2v) is 8.68. The highest BCUT2D eigenvalue weighted by molar-refractivity contribution is 7.99. The Labute approximate surface area is 196 Å². The van der Waals surface area contributed by atoms with Gasteiger partial charge in [0.25, 0.3) is 5.22 Å². The van der Waals surface area contributed by atoms with Gasteiger partial charge in [-0.1, -0.05) is 47.6 Å². The van der Waals surface area contributed by atoms with Gasteiger partial charge in [0.15, 0.2) is 0 Å². The van der Waals surface area contributed by atoms with Crippen LogP contribution in [-0.2, 0) is 4.79 Å². The number of nitrogens with zero attached hydrogens (tertiary/aromatic N) is 4. The van der Waals surface area contributed by atoms with Crippen molar-refractivity contribution >= 4 is 40.6 Å². The Balaban J connectivity index is 1.34. The van der Waals surface area contributed by atoms with Crippen molar-refractivity contribution in [1.82, 2.24) is 15.1 Å². The Morgan fingerprint density at radius 1 is 1.16 bits per heavy atom.